The number of anilines is 1. The van der Waals surface area contributed by atoms with Crippen LogP contribution in [-0.4, -0.2) is 31.6 Å². The van der Waals surface area contributed by atoms with Gasteiger partial charge in [0.15, 0.2) is 0 Å². The van der Waals surface area contributed by atoms with Gasteiger partial charge in [0.2, 0.25) is 0 Å². The van der Waals surface area contributed by atoms with Crippen LogP contribution in [0.15, 0.2) is 24.3 Å². The summed E-state index contributed by atoms with van der Waals surface area (Å²) in [6, 6.07) is 7.04. The molecule has 1 aliphatic heterocycles. The molecular formula is C13H15F2NO2. The molecule has 1 heterocycles. The minimum absolute atomic E-state index is 0.213. The summed E-state index contributed by atoms with van der Waals surface area (Å²) in [5, 5.41) is 0. The molecule has 0 bridgehead atoms. The van der Waals surface area contributed by atoms with Gasteiger partial charge in [-0.3, -0.25) is 4.79 Å². The van der Waals surface area contributed by atoms with E-state index >= 15 is 0 Å². The van der Waals surface area contributed by atoms with Crippen molar-refractivity contribution in [1.82, 2.24) is 0 Å². The second-order valence-electron chi connectivity index (χ2n) is 4.36. The number of hydrogen-bond donors (Lipinski definition) is 0. The average Bonchev–Trinajstić information content (AvgIpc) is 2.27. The van der Waals surface area contributed by atoms with E-state index in [1.807, 2.05) is 0 Å². The van der Waals surface area contributed by atoms with Crippen LogP contribution in [0.2, 0.25) is 0 Å². The summed E-state index contributed by atoms with van der Waals surface area (Å²) in [5.41, 5.74) is 1.58. The van der Waals surface area contributed by atoms with Gasteiger partial charge in [0, 0.05) is 5.69 Å². The van der Waals surface area contributed by atoms with Gasteiger partial charge < -0.3 is 9.64 Å². The topological polar surface area (TPSA) is 29.5 Å². The first-order chi connectivity index (χ1) is 8.50. The zero-order chi connectivity index (χ0) is 13.2. The van der Waals surface area contributed by atoms with Crippen molar-refractivity contribution in [1.29, 1.82) is 0 Å². The number of rotatable bonds is 4. The SMILES string of the molecule is CCOC(=O)Cc1ccc(N2CC(F)(F)C2)cc1. The molecule has 3 nitrogen and oxygen atoms in total. The monoisotopic (exact) mass is 255 g/mol. The van der Waals surface area contributed by atoms with Crippen molar-refractivity contribution in [3.8, 4) is 0 Å². The zero-order valence-corrected chi connectivity index (χ0v) is 10.2. The smallest absolute Gasteiger partial charge is 0.310 e. The zero-order valence-electron chi connectivity index (χ0n) is 10.2. The maximum Gasteiger partial charge on any atom is 0.310 e. The van der Waals surface area contributed by atoms with Gasteiger partial charge in [-0.2, -0.15) is 0 Å². The van der Waals surface area contributed by atoms with Crippen molar-refractivity contribution in [2.75, 3.05) is 24.6 Å². The molecule has 0 amide bonds. The lowest BCUT2D eigenvalue weighted by Crippen LogP contribution is -2.56. The number of carbonyl (C=O) groups is 1. The molecule has 2 rings (SSSR count). The van der Waals surface area contributed by atoms with E-state index in [-0.39, 0.29) is 25.5 Å². The van der Waals surface area contributed by atoms with E-state index in [0.717, 1.165) is 11.3 Å². The predicted molar refractivity (Wildman–Crippen MR) is 63.9 cm³/mol. The number of nitrogens with zero attached hydrogens (tertiary/aromatic N) is 1. The summed E-state index contributed by atoms with van der Waals surface area (Å²) in [6.45, 7) is 1.65. The lowest BCUT2D eigenvalue weighted by atomic mass is 10.1. The standard InChI is InChI=1S/C13H15F2NO2/c1-2-18-12(17)7-10-3-5-11(6-4-10)16-8-13(14,15)9-16/h3-6H,2,7-9H2,1H3. The molecule has 1 saturated heterocycles. The molecule has 98 valence electrons. The van der Waals surface area contributed by atoms with Crippen LogP contribution in [0.5, 0.6) is 0 Å². The lowest BCUT2D eigenvalue weighted by molar-refractivity contribution is -0.142. The van der Waals surface area contributed by atoms with Crippen molar-refractivity contribution in [2.24, 2.45) is 0 Å². The van der Waals surface area contributed by atoms with E-state index in [2.05, 4.69) is 0 Å². The van der Waals surface area contributed by atoms with Gasteiger partial charge >= 0.3 is 5.97 Å². The van der Waals surface area contributed by atoms with Crippen LogP contribution in [0.4, 0.5) is 14.5 Å². The summed E-state index contributed by atoms with van der Waals surface area (Å²) in [5.74, 6) is -2.84. The van der Waals surface area contributed by atoms with E-state index < -0.39 is 5.92 Å². The maximum absolute atomic E-state index is 12.7. The van der Waals surface area contributed by atoms with E-state index in [4.69, 9.17) is 4.74 Å². The highest BCUT2D eigenvalue weighted by atomic mass is 19.3. The molecule has 0 spiro atoms. The molecule has 5 heteroatoms. The van der Waals surface area contributed by atoms with E-state index in [0.29, 0.717) is 6.61 Å². The fourth-order valence-corrected chi connectivity index (χ4v) is 1.90. The fourth-order valence-electron chi connectivity index (χ4n) is 1.90. The first kappa shape index (κ1) is 12.8. The Morgan fingerprint density at radius 1 is 1.33 bits per heavy atom. The Morgan fingerprint density at radius 2 is 1.94 bits per heavy atom. The van der Waals surface area contributed by atoms with Crippen molar-refractivity contribution in [2.45, 2.75) is 19.3 Å². The van der Waals surface area contributed by atoms with Gasteiger partial charge in [-0.05, 0) is 24.6 Å². The Morgan fingerprint density at radius 3 is 2.44 bits per heavy atom. The van der Waals surface area contributed by atoms with Crippen molar-refractivity contribution in [3.63, 3.8) is 0 Å². The number of benzene rings is 1. The van der Waals surface area contributed by atoms with E-state index in [9.17, 15) is 13.6 Å². The highest BCUT2D eigenvalue weighted by Gasteiger charge is 2.43. The molecule has 0 atom stereocenters. The number of alkyl halides is 2. The minimum Gasteiger partial charge on any atom is -0.466 e. The largest absolute Gasteiger partial charge is 0.466 e. The molecule has 0 radical (unpaired) electrons. The summed E-state index contributed by atoms with van der Waals surface area (Å²) in [7, 11) is 0. The third-order valence-electron chi connectivity index (χ3n) is 2.80. The van der Waals surface area contributed by atoms with Crippen molar-refractivity contribution in [3.05, 3.63) is 29.8 Å². The molecule has 1 aromatic carbocycles. The third kappa shape index (κ3) is 2.97. The van der Waals surface area contributed by atoms with Crippen molar-refractivity contribution < 1.29 is 18.3 Å². The highest BCUT2D eigenvalue weighted by molar-refractivity contribution is 5.72. The van der Waals surface area contributed by atoms with Crippen LogP contribution in [0.25, 0.3) is 0 Å². The quantitative estimate of drug-likeness (QED) is 0.773. The second kappa shape index (κ2) is 4.92. The number of ether oxygens (including phenoxy) is 1. The Bertz CT molecular complexity index is 423. The van der Waals surface area contributed by atoms with Gasteiger partial charge in [-0.25, -0.2) is 8.78 Å². The highest BCUT2D eigenvalue weighted by Crippen LogP contribution is 2.31. The van der Waals surface area contributed by atoms with Crippen LogP contribution < -0.4 is 4.90 Å². The molecule has 0 N–H and O–H groups in total. The van der Waals surface area contributed by atoms with Crippen LogP contribution in [0, 0.1) is 0 Å². The van der Waals surface area contributed by atoms with Crippen LogP contribution in [0.3, 0.4) is 0 Å². The third-order valence-corrected chi connectivity index (χ3v) is 2.80. The molecular weight excluding hydrogens is 240 g/mol. The fraction of sp³-hybridized carbons (Fsp3) is 0.462. The van der Waals surface area contributed by atoms with E-state index in [1.54, 1.807) is 36.1 Å². The normalized spacial score (nSPS) is 17.2. The first-order valence-corrected chi connectivity index (χ1v) is 5.87. The Kier molecular flexibility index (Phi) is 3.50. The van der Waals surface area contributed by atoms with Gasteiger partial charge in [-0.15, -0.1) is 0 Å². The first-order valence-electron chi connectivity index (χ1n) is 5.87. The minimum atomic E-state index is -2.57. The van der Waals surface area contributed by atoms with Gasteiger partial charge in [-0.1, -0.05) is 12.1 Å². The predicted octanol–water partition coefficient (Wildman–Crippen LogP) is 2.25. The molecule has 1 aliphatic rings. The second-order valence-corrected chi connectivity index (χ2v) is 4.36. The Hall–Kier alpha value is -1.65. The maximum atomic E-state index is 12.7. The summed E-state index contributed by atoms with van der Waals surface area (Å²) in [6.07, 6.45) is 0.213. The summed E-state index contributed by atoms with van der Waals surface area (Å²) < 4.78 is 30.2. The van der Waals surface area contributed by atoms with Crippen LogP contribution in [-0.2, 0) is 16.0 Å². The number of carbonyl (C=O) groups excluding carboxylic acids is 1. The van der Waals surface area contributed by atoms with E-state index in [1.165, 1.54) is 0 Å². The molecule has 0 saturated carbocycles. The number of esters is 1. The number of halogens is 2. The van der Waals surface area contributed by atoms with Crippen molar-refractivity contribution >= 4 is 11.7 Å². The lowest BCUT2D eigenvalue weighted by Gasteiger charge is -2.40. The number of hydrogen-bond acceptors (Lipinski definition) is 3. The Labute approximate surface area is 104 Å². The van der Waals surface area contributed by atoms with Gasteiger partial charge in [0.25, 0.3) is 5.92 Å². The molecule has 0 aliphatic carbocycles. The average molecular weight is 255 g/mol. The van der Waals surface area contributed by atoms with Gasteiger partial charge in [0.05, 0.1) is 26.1 Å². The molecule has 1 aromatic rings. The molecule has 18 heavy (non-hydrogen) atoms. The summed E-state index contributed by atoms with van der Waals surface area (Å²) in [4.78, 5) is 12.9. The van der Waals surface area contributed by atoms with Gasteiger partial charge in [0.1, 0.15) is 0 Å². The molecule has 0 unspecified atom stereocenters. The van der Waals surface area contributed by atoms with Crippen LogP contribution >= 0.6 is 0 Å². The molecule has 0 aromatic heterocycles. The van der Waals surface area contributed by atoms with Crippen LogP contribution in [0.1, 0.15) is 12.5 Å². The Balaban J connectivity index is 1.92. The summed E-state index contributed by atoms with van der Waals surface area (Å²) >= 11 is 0. The molecule has 1 fully saturated rings.